The molecule has 8 nitrogen and oxygen atoms in total. The van der Waals surface area contributed by atoms with Crippen molar-refractivity contribution in [2.24, 2.45) is 7.05 Å². The van der Waals surface area contributed by atoms with Crippen molar-refractivity contribution in [3.63, 3.8) is 0 Å². The Morgan fingerprint density at radius 1 is 0.974 bits per heavy atom. The van der Waals surface area contributed by atoms with E-state index in [-0.39, 0.29) is 24.1 Å². The fourth-order valence-corrected chi connectivity index (χ4v) is 3.96. The third-order valence-corrected chi connectivity index (χ3v) is 6.40. The standard InChI is InChI=1S/C26H22F4N6O2/c1-25(2,26(28,29)30)23-10-19(34-38-23)9-20(37)6-15-4-5-16(7-21(15)27)22-13-31-24-8-17(11-33-36(22)24)18-12-32-35(3)14-18/h4-5,7-8,10-14H,6,9H2,1-3H3. The van der Waals surface area contributed by atoms with Crippen LogP contribution in [-0.4, -0.2) is 41.5 Å². The van der Waals surface area contributed by atoms with E-state index in [9.17, 15) is 22.4 Å². The maximum absolute atomic E-state index is 14.9. The summed E-state index contributed by atoms with van der Waals surface area (Å²) < 4.78 is 62.7. The predicted molar refractivity (Wildman–Crippen MR) is 129 cm³/mol. The van der Waals surface area contributed by atoms with Crippen LogP contribution in [0.5, 0.6) is 0 Å². The number of imidazole rings is 1. The second-order valence-electron chi connectivity index (χ2n) is 9.56. The molecule has 0 aliphatic rings. The molecule has 0 N–H and O–H groups in total. The molecule has 0 fully saturated rings. The van der Waals surface area contributed by atoms with Gasteiger partial charge in [0.05, 0.1) is 36.4 Å². The van der Waals surface area contributed by atoms with Crippen molar-refractivity contribution in [1.82, 2.24) is 29.5 Å². The number of halogens is 4. The van der Waals surface area contributed by atoms with Gasteiger partial charge in [0.15, 0.2) is 11.4 Å². The summed E-state index contributed by atoms with van der Waals surface area (Å²) in [5.74, 6) is -1.41. The van der Waals surface area contributed by atoms with Crippen LogP contribution in [0.3, 0.4) is 0 Å². The van der Waals surface area contributed by atoms with Crippen LogP contribution in [0.1, 0.15) is 30.9 Å². The normalized spacial score (nSPS) is 12.4. The minimum absolute atomic E-state index is 0.0572. The molecule has 0 saturated heterocycles. The fourth-order valence-electron chi connectivity index (χ4n) is 3.96. The van der Waals surface area contributed by atoms with Gasteiger partial charge in [0.25, 0.3) is 0 Å². The van der Waals surface area contributed by atoms with Crippen molar-refractivity contribution in [2.45, 2.75) is 38.3 Å². The molecule has 12 heteroatoms. The van der Waals surface area contributed by atoms with Gasteiger partial charge in [-0.3, -0.25) is 9.48 Å². The molecule has 4 aromatic heterocycles. The maximum atomic E-state index is 14.9. The summed E-state index contributed by atoms with van der Waals surface area (Å²) in [4.78, 5) is 16.9. The number of aryl methyl sites for hydroxylation is 1. The molecular weight excluding hydrogens is 504 g/mol. The molecule has 0 aliphatic carbocycles. The lowest BCUT2D eigenvalue weighted by atomic mass is 9.89. The molecule has 0 bridgehead atoms. The van der Waals surface area contributed by atoms with Gasteiger partial charge in [-0.1, -0.05) is 17.3 Å². The van der Waals surface area contributed by atoms with Crippen LogP contribution in [0.2, 0.25) is 0 Å². The zero-order valence-electron chi connectivity index (χ0n) is 20.6. The Bertz CT molecular complexity index is 1650. The Labute approximate surface area is 213 Å². The number of carbonyl (C=O) groups is 1. The summed E-state index contributed by atoms with van der Waals surface area (Å²) in [5.41, 5.74) is 1.33. The van der Waals surface area contributed by atoms with E-state index in [2.05, 4.69) is 20.3 Å². The van der Waals surface area contributed by atoms with Crippen molar-refractivity contribution in [1.29, 1.82) is 0 Å². The molecule has 0 radical (unpaired) electrons. The largest absolute Gasteiger partial charge is 0.401 e. The molecular formula is C26H22F4N6O2. The number of alkyl halides is 3. The average molecular weight is 526 g/mol. The van der Waals surface area contributed by atoms with E-state index >= 15 is 0 Å². The Morgan fingerprint density at radius 3 is 2.42 bits per heavy atom. The third kappa shape index (κ3) is 4.69. The van der Waals surface area contributed by atoms with Gasteiger partial charge in [-0.25, -0.2) is 13.9 Å². The highest BCUT2D eigenvalue weighted by molar-refractivity contribution is 5.83. The lowest BCUT2D eigenvalue weighted by Gasteiger charge is -2.24. The van der Waals surface area contributed by atoms with Crippen molar-refractivity contribution >= 4 is 11.4 Å². The number of carbonyl (C=O) groups excluding carboxylic acids is 1. The van der Waals surface area contributed by atoms with Crippen LogP contribution in [0, 0.1) is 5.82 Å². The van der Waals surface area contributed by atoms with Gasteiger partial charge in [0.2, 0.25) is 0 Å². The van der Waals surface area contributed by atoms with Crippen LogP contribution >= 0.6 is 0 Å². The highest BCUT2D eigenvalue weighted by Gasteiger charge is 2.51. The molecule has 5 rings (SSSR count). The number of rotatable bonds is 7. The Hall–Kier alpha value is -4.35. The van der Waals surface area contributed by atoms with Crippen molar-refractivity contribution in [2.75, 3.05) is 0 Å². The van der Waals surface area contributed by atoms with Crippen LogP contribution in [-0.2, 0) is 30.1 Å². The third-order valence-electron chi connectivity index (χ3n) is 6.40. The van der Waals surface area contributed by atoms with Gasteiger partial charge in [-0.2, -0.15) is 23.4 Å². The average Bonchev–Trinajstić information content (AvgIpc) is 3.59. The number of aromatic nitrogens is 6. The molecule has 196 valence electrons. The van der Waals surface area contributed by atoms with Gasteiger partial charge in [-0.05, 0) is 31.5 Å². The molecule has 38 heavy (non-hydrogen) atoms. The van der Waals surface area contributed by atoms with E-state index in [1.165, 1.54) is 12.1 Å². The number of fused-ring (bicyclic) bond motifs is 1. The second kappa shape index (κ2) is 9.19. The van der Waals surface area contributed by atoms with Crippen LogP contribution in [0.4, 0.5) is 17.6 Å². The first-order chi connectivity index (χ1) is 17.9. The number of benzene rings is 1. The Kier molecular flexibility index (Phi) is 6.12. The molecule has 5 aromatic rings. The molecule has 4 heterocycles. The monoisotopic (exact) mass is 526 g/mol. The quantitative estimate of drug-likeness (QED) is 0.274. The van der Waals surface area contributed by atoms with E-state index in [0.29, 0.717) is 16.9 Å². The lowest BCUT2D eigenvalue weighted by Crippen LogP contribution is -2.35. The molecule has 0 unspecified atom stereocenters. The predicted octanol–water partition coefficient (Wildman–Crippen LogP) is 5.12. The van der Waals surface area contributed by atoms with Gasteiger partial charge in [0, 0.05) is 42.4 Å². The van der Waals surface area contributed by atoms with E-state index < -0.39 is 29.0 Å². The molecule has 0 saturated carbocycles. The summed E-state index contributed by atoms with van der Waals surface area (Å²) in [7, 11) is 1.82. The first kappa shape index (κ1) is 25.3. The van der Waals surface area contributed by atoms with E-state index in [4.69, 9.17) is 4.52 Å². The zero-order chi connectivity index (χ0) is 27.2. The Morgan fingerprint density at radius 2 is 1.74 bits per heavy atom. The summed E-state index contributed by atoms with van der Waals surface area (Å²) in [6.07, 6.45) is 1.75. The van der Waals surface area contributed by atoms with E-state index in [1.807, 2.05) is 19.3 Å². The second-order valence-corrected chi connectivity index (χ2v) is 9.56. The highest BCUT2D eigenvalue weighted by atomic mass is 19.4. The summed E-state index contributed by atoms with van der Waals surface area (Å²) in [6.45, 7) is 1.93. The van der Waals surface area contributed by atoms with Crippen molar-refractivity contribution in [3.05, 3.63) is 78.0 Å². The first-order valence-corrected chi connectivity index (χ1v) is 11.6. The van der Waals surface area contributed by atoms with E-state index in [1.54, 1.807) is 33.9 Å². The molecule has 1 aromatic carbocycles. The van der Waals surface area contributed by atoms with Gasteiger partial charge in [0.1, 0.15) is 17.0 Å². The van der Waals surface area contributed by atoms with Crippen LogP contribution < -0.4 is 0 Å². The molecule has 0 atom stereocenters. The SMILES string of the molecule is Cn1cc(-c2cnn3c(-c4ccc(CC(=O)Cc5cc(C(C)(C)C(F)(F)F)on5)c(F)c4)cnc3c2)cn1. The van der Waals surface area contributed by atoms with Gasteiger partial charge in [-0.15, -0.1) is 0 Å². The van der Waals surface area contributed by atoms with Crippen LogP contribution in [0.25, 0.3) is 28.0 Å². The number of ketones is 1. The maximum Gasteiger partial charge on any atom is 0.401 e. The lowest BCUT2D eigenvalue weighted by molar-refractivity contribution is -0.185. The Balaban J connectivity index is 1.31. The van der Waals surface area contributed by atoms with Gasteiger partial charge < -0.3 is 4.52 Å². The summed E-state index contributed by atoms with van der Waals surface area (Å²) >= 11 is 0. The minimum Gasteiger partial charge on any atom is -0.360 e. The van der Waals surface area contributed by atoms with Crippen molar-refractivity contribution in [3.8, 4) is 22.4 Å². The summed E-state index contributed by atoms with van der Waals surface area (Å²) in [6, 6.07) is 7.41. The van der Waals surface area contributed by atoms with Gasteiger partial charge >= 0.3 is 6.18 Å². The van der Waals surface area contributed by atoms with Crippen molar-refractivity contribution < 1.29 is 26.9 Å². The number of nitrogens with zero attached hydrogens (tertiary/aromatic N) is 6. The number of Topliss-reactive ketones (excluding diaryl/α,β-unsaturated/α-hetero) is 1. The summed E-state index contributed by atoms with van der Waals surface area (Å²) in [5, 5.41) is 12.2. The molecule has 0 amide bonds. The zero-order valence-corrected chi connectivity index (χ0v) is 20.6. The minimum atomic E-state index is -4.54. The fraction of sp³-hybridized carbons (Fsp3) is 0.269. The smallest absolute Gasteiger partial charge is 0.360 e. The molecule has 0 spiro atoms. The highest BCUT2D eigenvalue weighted by Crippen LogP contribution is 2.40. The topological polar surface area (TPSA) is 91.1 Å². The number of hydrogen-bond acceptors (Lipinski definition) is 6. The molecule has 0 aliphatic heterocycles. The number of hydrogen-bond donors (Lipinski definition) is 0. The first-order valence-electron chi connectivity index (χ1n) is 11.6. The van der Waals surface area contributed by atoms with Crippen LogP contribution in [0.15, 0.2) is 59.6 Å². The van der Waals surface area contributed by atoms with E-state index in [0.717, 1.165) is 31.0 Å².